The molecule has 1 rings (SSSR count). The van der Waals surface area contributed by atoms with Crippen molar-refractivity contribution in [1.82, 2.24) is 5.32 Å². The molecule has 0 bridgehead atoms. The minimum Gasteiger partial charge on any atom is -0.483 e. The van der Waals surface area contributed by atoms with Crippen LogP contribution in [0.15, 0.2) is 24.3 Å². The second-order valence-corrected chi connectivity index (χ2v) is 4.39. The lowest BCUT2D eigenvalue weighted by atomic mass is 10.1. The second kappa shape index (κ2) is 5.48. The first-order valence-electron chi connectivity index (χ1n) is 5.42. The van der Waals surface area contributed by atoms with Gasteiger partial charge in [0, 0.05) is 6.54 Å². The maximum atomic E-state index is 12.2. The van der Waals surface area contributed by atoms with E-state index in [1.165, 1.54) is 18.2 Å². The van der Waals surface area contributed by atoms with Crippen LogP contribution in [0.3, 0.4) is 0 Å². The average Bonchev–Trinajstić information content (AvgIpc) is 2.18. The predicted molar refractivity (Wildman–Crippen MR) is 61.8 cm³/mol. The van der Waals surface area contributed by atoms with Gasteiger partial charge >= 0.3 is 6.36 Å². The Hall–Kier alpha value is -1.43. The number of ether oxygens (including phenoxy) is 2. The third kappa shape index (κ3) is 4.83. The first-order chi connectivity index (χ1) is 8.23. The molecule has 0 amide bonds. The van der Waals surface area contributed by atoms with Crippen molar-refractivity contribution in [1.29, 1.82) is 0 Å². The minimum absolute atomic E-state index is 0.0649. The Bertz CT molecular complexity index is 391. The molecular weight excluding hydrogens is 247 g/mol. The van der Waals surface area contributed by atoms with Gasteiger partial charge in [0.25, 0.3) is 0 Å². The van der Waals surface area contributed by atoms with E-state index < -0.39 is 12.0 Å². The average molecular weight is 263 g/mol. The van der Waals surface area contributed by atoms with E-state index in [1.54, 1.807) is 27.0 Å². The summed E-state index contributed by atoms with van der Waals surface area (Å²) in [5, 5.41) is 2.91. The van der Waals surface area contributed by atoms with E-state index in [-0.39, 0.29) is 11.5 Å². The van der Waals surface area contributed by atoms with E-state index >= 15 is 0 Å². The van der Waals surface area contributed by atoms with Crippen LogP contribution in [0.2, 0.25) is 0 Å². The molecule has 0 radical (unpaired) electrons. The number of likely N-dealkylation sites (N-methyl/N-ethyl adjacent to an activating group) is 1. The molecule has 3 nitrogen and oxygen atoms in total. The maximum Gasteiger partial charge on any atom is 0.573 e. The molecule has 18 heavy (non-hydrogen) atoms. The Morgan fingerprint density at radius 3 is 2.00 bits per heavy atom. The lowest BCUT2D eigenvalue weighted by Gasteiger charge is -2.27. The largest absolute Gasteiger partial charge is 0.573 e. The lowest BCUT2D eigenvalue weighted by Crippen LogP contribution is -2.39. The Balaban J connectivity index is 2.89. The number of hydrogen-bond acceptors (Lipinski definition) is 3. The molecule has 1 N–H and O–H groups in total. The number of para-hydroxylation sites is 2. The van der Waals surface area contributed by atoms with Gasteiger partial charge in [-0.3, -0.25) is 0 Å². The van der Waals surface area contributed by atoms with E-state index in [1.807, 2.05) is 0 Å². The molecule has 0 fully saturated rings. The number of rotatable bonds is 5. The first kappa shape index (κ1) is 14.6. The second-order valence-electron chi connectivity index (χ2n) is 4.39. The standard InChI is InChI=1S/C12H16F3NO2/c1-11(2,8-16-3)17-9-6-4-5-7-10(9)18-12(13,14)15/h4-7,16H,8H2,1-3H3. The Kier molecular flexibility index (Phi) is 4.45. The van der Waals surface area contributed by atoms with Crippen molar-refractivity contribution in [3.8, 4) is 11.5 Å². The number of alkyl halides is 3. The third-order valence-corrected chi connectivity index (χ3v) is 2.06. The van der Waals surface area contributed by atoms with Crippen molar-refractivity contribution < 1.29 is 22.6 Å². The highest BCUT2D eigenvalue weighted by Gasteiger charge is 2.33. The summed E-state index contributed by atoms with van der Waals surface area (Å²) in [6.07, 6.45) is -4.73. The van der Waals surface area contributed by atoms with Crippen LogP contribution in [0, 0.1) is 0 Å². The van der Waals surface area contributed by atoms with Crippen molar-refractivity contribution in [2.24, 2.45) is 0 Å². The quantitative estimate of drug-likeness (QED) is 0.886. The summed E-state index contributed by atoms with van der Waals surface area (Å²) < 4.78 is 46.1. The molecule has 0 aromatic heterocycles. The van der Waals surface area contributed by atoms with Crippen LogP contribution in [-0.2, 0) is 0 Å². The van der Waals surface area contributed by atoms with Crippen LogP contribution in [0.4, 0.5) is 13.2 Å². The Labute approximate surface area is 104 Å². The molecule has 0 atom stereocenters. The fraction of sp³-hybridized carbons (Fsp3) is 0.500. The highest BCUT2D eigenvalue weighted by Crippen LogP contribution is 2.33. The molecule has 0 aliphatic heterocycles. The van der Waals surface area contributed by atoms with Gasteiger partial charge in [-0.15, -0.1) is 13.2 Å². The van der Waals surface area contributed by atoms with Crippen molar-refractivity contribution >= 4 is 0 Å². The molecule has 1 aromatic carbocycles. The van der Waals surface area contributed by atoms with E-state index in [2.05, 4.69) is 10.1 Å². The molecule has 0 heterocycles. The van der Waals surface area contributed by atoms with Gasteiger partial charge in [0.2, 0.25) is 0 Å². The van der Waals surface area contributed by atoms with Gasteiger partial charge in [0.15, 0.2) is 11.5 Å². The van der Waals surface area contributed by atoms with Gasteiger partial charge in [0.1, 0.15) is 5.60 Å². The smallest absolute Gasteiger partial charge is 0.483 e. The van der Waals surface area contributed by atoms with Crippen molar-refractivity contribution in [2.75, 3.05) is 13.6 Å². The summed E-state index contributed by atoms with van der Waals surface area (Å²) >= 11 is 0. The molecule has 0 saturated carbocycles. The first-order valence-corrected chi connectivity index (χ1v) is 5.42. The summed E-state index contributed by atoms with van der Waals surface area (Å²) in [5.74, 6) is -0.274. The molecular formula is C12H16F3NO2. The summed E-state index contributed by atoms with van der Waals surface area (Å²) in [4.78, 5) is 0. The van der Waals surface area contributed by atoms with Crippen LogP contribution in [0.25, 0.3) is 0 Å². The molecule has 6 heteroatoms. The van der Waals surface area contributed by atoms with Gasteiger partial charge in [-0.2, -0.15) is 0 Å². The lowest BCUT2D eigenvalue weighted by molar-refractivity contribution is -0.275. The Morgan fingerprint density at radius 1 is 1.06 bits per heavy atom. The van der Waals surface area contributed by atoms with Crippen molar-refractivity contribution in [3.05, 3.63) is 24.3 Å². The van der Waals surface area contributed by atoms with Crippen LogP contribution in [0.5, 0.6) is 11.5 Å². The van der Waals surface area contributed by atoms with Crippen molar-refractivity contribution in [2.45, 2.75) is 25.8 Å². The van der Waals surface area contributed by atoms with Crippen LogP contribution in [0.1, 0.15) is 13.8 Å². The molecule has 102 valence electrons. The fourth-order valence-electron chi connectivity index (χ4n) is 1.50. The third-order valence-electron chi connectivity index (χ3n) is 2.06. The molecule has 1 aromatic rings. The van der Waals surface area contributed by atoms with E-state index in [0.29, 0.717) is 6.54 Å². The minimum atomic E-state index is -4.73. The number of nitrogens with one attached hydrogen (secondary N) is 1. The van der Waals surface area contributed by atoms with Gasteiger partial charge < -0.3 is 14.8 Å². The van der Waals surface area contributed by atoms with Gasteiger partial charge in [-0.05, 0) is 33.0 Å². The topological polar surface area (TPSA) is 30.5 Å². The molecule has 0 saturated heterocycles. The molecule has 0 spiro atoms. The van der Waals surface area contributed by atoms with E-state index in [0.717, 1.165) is 0 Å². The fourth-order valence-corrected chi connectivity index (χ4v) is 1.50. The molecule has 0 unspecified atom stereocenters. The van der Waals surface area contributed by atoms with Crippen LogP contribution >= 0.6 is 0 Å². The summed E-state index contributed by atoms with van der Waals surface area (Å²) in [7, 11) is 1.74. The zero-order chi connectivity index (χ0) is 13.8. The SMILES string of the molecule is CNCC(C)(C)Oc1ccccc1OC(F)(F)F. The van der Waals surface area contributed by atoms with Crippen LogP contribution in [-0.4, -0.2) is 25.6 Å². The normalized spacial score (nSPS) is 12.3. The maximum absolute atomic E-state index is 12.2. The number of benzene rings is 1. The summed E-state index contributed by atoms with van der Waals surface area (Å²) in [5.41, 5.74) is -0.639. The summed E-state index contributed by atoms with van der Waals surface area (Å²) in [6, 6.07) is 5.71. The zero-order valence-corrected chi connectivity index (χ0v) is 10.5. The number of halogens is 3. The Morgan fingerprint density at radius 2 is 1.56 bits per heavy atom. The number of hydrogen-bond donors (Lipinski definition) is 1. The zero-order valence-electron chi connectivity index (χ0n) is 10.5. The predicted octanol–water partition coefficient (Wildman–Crippen LogP) is 2.96. The highest BCUT2D eigenvalue weighted by molar-refractivity contribution is 5.40. The van der Waals surface area contributed by atoms with Gasteiger partial charge in [-0.25, -0.2) is 0 Å². The van der Waals surface area contributed by atoms with E-state index in [9.17, 15) is 13.2 Å². The van der Waals surface area contributed by atoms with Crippen molar-refractivity contribution in [3.63, 3.8) is 0 Å². The monoisotopic (exact) mass is 263 g/mol. The van der Waals surface area contributed by atoms with E-state index in [4.69, 9.17) is 4.74 Å². The molecule has 0 aliphatic rings. The highest BCUT2D eigenvalue weighted by atomic mass is 19.4. The van der Waals surface area contributed by atoms with Gasteiger partial charge in [0.05, 0.1) is 0 Å². The van der Waals surface area contributed by atoms with Gasteiger partial charge in [-0.1, -0.05) is 12.1 Å². The molecule has 0 aliphatic carbocycles. The summed E-state index contributed by atoms with van der Waals surface area (Å²) in [6.45, 7) is 4.04. The van der Waals surface area contributed by atoms with Crippen LogP contribution < -0.4 is 14.8 Å².